The second-order valence-corrected chi connectivity index (χ2v) is 6.82. The highest BCUT2D eigenvalue weighted by Crippen LogP contribution is 2.33. The molecule has 1 N–H and O–H groups in total. The van der Waals surface area contributed by atoms with Crippen molar-refractivity contribution in [3.63, 3.8) is 0 Å². The number of pyridine rings is 2. The van der Waals surface area contributed by atoms with E-state index in [1.54, 1.807) is 6.20 Å². The third-order valence-electron chi connectivity index (χ3n) is 5.22. The molecule has 5 heteroatoms. The zero-order chi connectivity index (χ0) is 17.9. The van der Waals surface area contributed by atoms with Gasteiger partial charge in [0.1, 0.15) is 0 Å². The van der Waals surface area contributed by atoms with Crippen molar-refractivity contribution in [1.82, 2.24) is 14.9 Å². The normalized spacial score (nSPS) is 17.2. The number of nitrogens with zero attached hydrogens (tertiary/aromatic N) is 3. The summed E-state index contributed by atoms with van der Waals surface area (Å²) in [6.45, 7) is 1.54. The van der Waals surface area contributed by atoms with Crippen molar-refractivity contribution >= 4 is 16.7 Å². The van der Waals surface area contributed by atoms with Gasteiger partial charge in [0.15, 0.2) is 0 Å². The molecule has 0 radical (unpaired) electrons. The summed E-state index contributed by atoms with van der Waals surface area (Å²) in [7, 11) is 0. The SMILES string of the molecule is O=C(O)C1CCN(C(c2cccnc2)c2ccc3cnccc3c2)CC1. The number of fused-ring (bicyclic) bond motifs is 1. The summed E-state index contributed by atoms with van der Waals surface area (Å²) in [5, 5.41) is 11.6. The van der Waals surface area contributed by atoms with Crippen LogP contribution in [0.15, 0.2) is 61.2 Å². The molecule has 132 valence electrons. The number of likely N-dealkylation sites (tertiary alicyclic amines) is 1. The van der Waals surface area contributed by atoms with Gasteiger partial charge in [0, 0.05) is 30.2 Å². The van der Waals surface area contributed by atoms with Crippen LogP contribution in [0.5, 0.6) is 0 Å². The Bertz CT molecular complexity index is 905. The van der Waals surface area contributed by atoms with Gasteiger partial charge in [-0.1, -0.05) is 18.2 Å². The Balaban J connectivity index is 1.70. The van der Waals surface area contributed by atoms with Gasteiger partial charge in [0.25, 0.3) is 0 Å². The second kappa shape index (κ2) is 7.22. The number of aliphatic carboxylic acids is 1. The molecule has 0 amide bonds. The van der Waals surface area contributed by atoms with Gasteiger partial charge in [-0.25, -0.2) is 0 Å². The van der Waals surface area contributed by atoms with E-state index in [-0.39, 0.29) is 12.0 Å². The standard InChI is InChI=1S/C21H21N3O2/c25-21(26)15-6-10-24(11-7-15)20(19-2-1-8-22-14-19)17-3-4-18-13-23-9-5-16(18)12-17/h1-5,8-9,12-15,20H,6-7,10-11H2,(H,25,26). The van der Waals surface area contributed by atoms with E-state index in [4.69, 9.17) is 0 Å². The summed E-state index contributed by atoms with van der Waals surface area (Å²) < 4.78 is 0. The molecule has 1 aliphatic heterocycles. The lowest BCUT2D eigenvalue weighted by Crippen LogP contribution is -2.39. The molecule has 1 atom stereocenters. The van der Waals surface area contributed by atoms with E-state index in [0.29, 0.717) is 12.8 Å². The molecule has 1 saturated heterocycles. The molecule has 0 spiro atoms. The van der Waals surface area contributed by atoms with Crippen LogP contribution in [0.1, 0.15) is 30.0 Å². The van der Waals surface area contributed by atoms with Crippen LogP contribution >= 0.6 is 0 Å². The summed E-state index contributed by atoms with van der Waals surface area (Å²) in [6, 6.07) is 12.6. The van der Waals surface area contributed by atoms with Crippen molar-refractivity contribution in [2.75, 3.05) is 13.1 Å². The number of carboxylic acids is 1. The first-order valence-electron chi connectivity index (χ1n) is 8.93. The number of aromatic nitrogens is 2. The second-order valence-electron chi connectivity index (χ2n) is 6.82. The topological polar surface area (TPSA) is 66.3 Å². The van der Waals surface area contributed by atoms with Crippen molar-refractivity contribution in [3.8, 4) is 0 Å². The molecule has 4 rings (SSSR count). The van der Waals surface area contributed by atoms with E-state index < -0.39 is 5.97 Å². The zero-order valence-electron chi connectivity index (χ0n) is 14.5. The third kappa shape index (κ3) is 3.30. The van der Waals surface area contributed by atoms with Crippen LogP contribution in [0.2, 0.25) is 0 Å². The molecule has 26 heavy (non-hydrogen) atoms. The fourth-order valence-electron chi connectivity index (χ4n) is 3.83. The van der Waals surface area contributed by atoms with Gasteiger partial charge in [-0.2, -0.15) is 0 Å². The zero-order valence-corrected chi connectivity index (χ0v) is 14.5. The van der Waals surface area contributed by atoms with Gasteiger partial charge in [0.2, 0.25) is 0 Å². The summed E-state index contributed by atoms with van der Waals surface area (Å²) in [5.74, 6) is -0.913. The van der Waals surface area contributed by atoms with E-state index in [1.807, 2.05) is 30.7 Å². The maximum absolute atomic E-state index is 11.3. The molecule has 1 fully saturated rings. The predicted octanol–water partition coefficient (Wildman–Crippen LogP) is 3.52. The van der Waals surface area contributed by atoms with Crippen LogP contribution in [0, 0.1) is 5.92 Å². The third-order valence-corrected chi connectivity index (χ3v) is 5.22. The Morgan fingerprint density at radius 2 is 1.81 bits per heavy atom. The van der Waals surface area contributed by atoms with Crippen LogP contribution in [0.3, 0.4) is 0 Å². The van der Waals surface area contributed by atoms with Crippen molar-refractivity contribution in [3.05, 3.63) is 72.3 Å². The van der Waals surface area contributed by atoms with Crippen molar-refractivity contribution in [2.24, 2.45) is 5.92 Å². The van der Waals surface area contributed by atoms with E-state index in [0.717, 1.165) is 29.4 Å². The predicted molar refractivity (Wildman–Crippen MR) is 99.8 cm³/mol. The highest BCUT2D eigenvalue weighted by molar-refractivity contribution is 5.82. The molecular weight excluding hydrogens is 326 g/mol. The largest absolute Gasteiger partial charge is 0.481 e. The average molecular weight is 347 g/mol. The minimum Gasteiger partial charge on any atom is -0.481 e. The minimum absolute atomic E-state index is 0.0796. The van der Waals surface area contributed by atoms with Gasteiger partial charge in [-0.15, -0.1) is 0 Å². The molecular formula is C21H21N3O2. The number of benzene rings is 1. The number of hydrogen-bond donors (Lipinski definition) is 1. The van der Waals surface area contributed by atoms with Crippen LogP contribution < -0.4 is 0 Å². The molecule has 0 saturated carbocycles. The lowest BCUT2D eigenvalue weighted by Gasteiger charge is -2.37. The highest BCUT2D eigenvalue weighted by atomic mass is 16.4. The lowest BCUT2D eigenvalue weighted by molar-refractivity contribution is -0.143. The molecule has 0 bridgehead atoms. The van der Waals surface area contributed by atoms with E-state index in [2.05, 4.69) is 39.1 Å². The van der Waals surface area contributed by atoms with Crippen molar-refractivity contribution in [2.45, 2.75) is 18.9 Å². The molecule has 3 heterocycles. The van der Waals surface area contributed by atoms with E-state index in [9.17, 15) is 9.90 Å². The Morgan fingerprint density at radius 1 is 1.00 bits per heavy atom. The molecule has 2 aromatic heterocycles. The quantitative estimate of drug-likeness (QED) is 0.782. The molecule has 1 aromatic carbocycles. The van der Waals surface area contributed by atoms with Gasteiger partial charge in [0.05, 0.1) is 12.0 Å². The van der Waals surface area contributed by atoms with Crippen LogP contribution in [-0.2, 0) is 4.79 Å². The molecule has 1 unspecified atom stereocenters. The van der Waals surface area contributed by atoms with Crippen molar-refractivity contribution in [1.29, 1.82) is 0 Å². The fourth-order valence-corrected chi connectivity index (χ4v) is 3.83. The summed E-state index contributed by atoms with van der Waals surface area (Å²) >= 11 is 0. The molecule has 3 aromatic rings. The highest BCUT2D eigenvalue weighted by Gasteiger charge is 2.30. The van der Waals surface area contributed by atoms with Gasteiger partial charge < -0.3 is 5.11 Å². The molecule has 1 aliphatic rings. The number of carboxylic acid groups (broad SMARTS) is 1. The Kier molecular flexibility index (Phi) is 4.63. The van der Waals surface area contributed by atoms with Crippen molar-refractivity contribution < 1.29 is 9.90 Å². The first-order valence-corrected chi connectivity index (χ1v) is 8.93. The van der Waals surface area contributed by atoms with Crippen LogP contribution in [-0.4, -0.2) is 39.0 Å². The summed E-state index contributed by atoms with van der Waals surface area (Å²) in [6.07, 6.45) is 8.74. The average Bonchev–Trinajstić information content (AvgIpc) is 2.69. The number of piperidine rings is 1. The van der Waals surface area contributed by atoms with Crippen LogP contribution in [0.4, 0.5) is 0 Å². The van der Waals surface area contributed by atoms with Gasteiger partial charge in [-0.05, 0) is 60.6 Å². The Morgan fingerprint density at radius 3 is 2.54 bits per heavy atom. The number of rotatable bonds is 4. The summed E-state index contributed by atoms with van der Waals surface area (Å²) in [4.78, 5) is 22.1. The maximum Gasteiger partial charge on any atom is 0.306 e. The van der Waals surface area contributed by atoms with E-state index in [1.165, 1.54) is 5.56 Å². The maximum atomic E-state index is 11.3. The first kappa shape index (κ1) is 16.7. The van der Waals surface area contributed by atoms with Gasteiger partial charge in [-0.3, -0.25) is 19.7 Å². The van der Waals surface area contributed by atoms with Gasteiger partial charge >= 0.3 is 5.97 Å². The smallest absolute Gasteiger partial charge is 0.306 e. The fraction of sp³-hybridized carbons (Fsp3) is 0.286. The number of hydrogen-bond acceptors (Lipinski definition) is 4. The minimum atomic E-state index is -0.680. The Labute approximate surface area is 152 Å². The molecule has 0 aliphatic carbocycles. The van der Waals surface area contributed by atoms with E-state index >= 15 is 0 Å². The Hall–Kier alpha value is -2.79. The summed E-state index contributed by atoms with van der Waals surface area (Å²) in [5.41, 5.74) is 2.33. The van der Waals surface area contributed by atoms with Crippen LogP contribution in [0.25, 0.3) is 10.8 Å². The lowest BCUT2D eigenvalue weighted by atomic mass is 9.91. The first-order chi connectivity index (χ1) is 12.7. The molecule has 5 nitrogen and oxygen atoms in total. The number of carbonyl (C=O) groups is 1. The monoisotopic (exact) mass is 347 g/mol.